The Labute approximate surface area is 175 Å². The van der Waals surface area contributed by atoms with Gasteiger partial charge in [0.1, 0.15) is 6.10 Å². The predicted molar refractivity (Wildman–Crippen MR) is 114 cm³/mol. The van der Waals surface area contributed by atoms with Gasteiger partial charge in [0.05, 0.1) is 10.6 Å². The van der Waals surface area contributed by atoms with Crippen molar-refractivity contribution in [1.82, 2.24) is 14.8 Å². The van der Waals surface area contributed by atoms with Crippen LogP contribution in [-0.2, 0) is 9.53 Å². The number of thiophene rings is 1. The van der Waals surface area contributed by atoms with Crippen LogP contribution in [0.2, 0.25) is 0 Å². The number of rotatable bonds is 7. The Hall–Kier alpha value is -1.34. The van der Waals surface area contributed by atoms with Crippen molar-refractivity contribution in [1.29, 1.82) is 0 Å². The molecule has 28 heavy (non-hydrogen) atoms. The molecule has 152 valence electrons. The van der Waals surface area contributed by atoms with E-state index in [0.717, 1.165) is 41.5 Å². The number of esters is 1. The topological polar surface area (TPSA) is 57.0 Å². The highest BCUT2D eigenvalue weighted by atomic mass is 32.2. The van der Waals surface area contributed by atoms with E-state index in [9.17, 15) is 4.79 Å². The molecule has 3 atom stereocenters. The predicted octanol–water partition coefficient (Wildman–Crippen LogP) is 5.44. The van der Waals surface area contributed by atoms with Crippen LogP contribution in [0.25, 0.3) is 10.7 Å². The zero-order chi connectivity index (χ0) is 19.7. The van der Waals surface area contributed by atoms with E-state index in [0.29, 0.717) is 29.5 Å². The lowest BCUT2D eigenvalue weighted by atomic mass is 9.75. The number of nitrogens with zero attached hydrogens (tertiary/aromatic N) is 3. The molecule has 2 aliphatic carbocycles. The summed E-state index contributed by atoms with van der Waals surface area (Å²) >= 11 is 3.14. The molecule has 4 rings (SSSR count). The number of aromatic nitrogens is 3. The molecule has 0 aliphatic heterocycles. The summed E-state index contributed by atoms with van der Waals surface area (Å²) in [6.45, 7) is 6.73. The molecular formula is C21H29N3O2S2. The Morgan fingerprint density at radius 1 is 1.32 bits per heavy atom. The molecule has 2 saturated carbocycles. The first kappa shape index (κ1) is 20.0. The maximum absolute atomic E-state index is 12.6. The number of thioether (sulfide) groups is 1. The smallest absolute Gasteiger partial charge is 0.316 e. The van der Waals surface area contributed by atoms with Crippen molar-refractivity contribution in [3.63, 3.8) is 0 Å². The minimum Gasteiger partial charge on any atom is -0.461 e. The largest absolute Gasteiger partial charge is 0.461 e. The van der Waals surface area contributed by atoms with E-state index in [1.807, 2.05) is 6.07 Å². The molecule has 5 nitrogen and oxygen atoms in total. The van der Waals surface area contributed by atoms with Gasteiger partial charge in [0.25, 0.3) is 0 Å². The van der Waals surface area contributed by atoms with Gasteiger partial charge in [-0.25, -0.2) is 0 Å². The molecule has 0 amide bonds. The van der Waals surface area contributed by atoms with Gasteiger partial charge in [-0.2, -0.15) is 0 Å². The molecule has 0 aromatic carbocycles. The summed E-state index contributed by atoms with van der Waals surface area (Å²) in [5, 5.41) is 11.7. The van der Waals surface area contributed by atoms with Crippen molar-refractivity contribution in [3.05, 3.63) is 17.5 Å². The lowest BCUT2D eigenvalue weighted by molar-refractivity contribution is -0.152. The standard InChI is InChI=1S/C21H29N3O2S2/c1-13(2)16-9-6-14(3)11-17(16)26-19(25)12-28-21-23-22-20(18-5-4-10-27-18)24(21)15-7-8-15/h4-5,10,13-17H,6-9,11-12H2,1-3H3/t14-,16+,17+/m0/s1. The Morgan fingerprint density at radius 2 is 2.14 bits per heavy atom. The molecule has 7 heteroatoms. The van der Waals surface area contributed by atoms with Crippen molar-refractivity contribution in [2.45, 2.75) is 70.2 Å². The van der Waals surface area contributed by atoms with E-state index in [-0.39, 0.29) is 12.1 Å². The molecule has 2 aliphatic rings. The summed E-state index contributed by atoms with van der Waals surface area (Å²) < 4.78 is 8.15. The van der Waals surface area contributed by atoms with E-state index >= 15 is 0 Å². The molecule has 0 bridgehead atoms. The van der Waals surface area contributed by atoms with Crippen molar-refractivity contribution in [2.24, 2.45) is 17.8 Å². The monoisotopic (exact) mass is 419 g/mol. The molecule has 2 aromatic heterocycles. The highest BCUT2D eigenvalue weighted by Gasteiger charge is 2.34. The second-order valence-corrected chi connectivity index (χ2v) is 10.4. The van der Waals surface area contributed by atoms with Crippen LogP contribution in [0, 0.1) is 17.8 Å². The Morgan fingerprint density at radius 3 is 2.82 bits per heavy atom. The van der Waals surface area contributed by atoms with Crippen LogP contribution in [0.4, 0.5) is 0 Å². The van der Waals surface area contributed by atoms with Crippen molar-refractivity contribution >= 4 is 29.1 Å². The molecular weight excluding hydrogens is 390 g/mol. The molecule has 2 fully saturated rings. The number of hydrogen-bond donors (Lipinski definition) is 0. The van der Waals surface area contributed by atoms with E-state index in [2.05, 4.69) is 47.0 Å². The second-order valence-electron chi connectivity index (χ2n) is 8.53. The minimum absolute atomic E-state index is 0.0554. The van der Waals surface area contributed by atoms with Gasteiger partial charge in [0.15, 0.2) is 11.0 Å². The van der Waals surface area contributed by atoms with Crippen LogP contribution in [0.1, 0.15) is 58.9 Å². The van der Waals surface area contributed by atoms with Crippen LogP contribution in [0.15, 0.2) is 22.7 Å². The highest BCUT2D eigenvalue weighted by molar-refractivity contribution is 7.99. The van der Waals surface area contributed by atoms with Gasteiger partial charge in [0.2, 0.25) is 0 Å². The average molecular weight is 420 g/mol. The first-order valence-electron chi connectivity index (χ1n) is 10.3. The van der Waals surface area contributed by atoms with Crippen LogP contribution < -0.4 is 0 Å². The quantitative estimate of drug-likeness (QED) is 0.442. The number of carbonyl (C=O) groups is 1. The fourth-order valence-corrected chi connectivity index (χ4v) is 5.68. The summed E-state index contributed by atoms with van der Waals surface area (Å²) in [6, 6.07) is 4.58. The third-order valence-corrected chi connectivity index (χ3v) is 7.66. The molecule has 0 radical (unpaired) electrons. The summed E-state index contributed by atoms with van der Waals surface area (Å²) in [7, 11) is 0. The Bertz CT molecular complexity index is 799. The van der Waals surface area contributed by atoms with E-state index in [1.54, 1.807) is 11.3 Å². The number of ether oxygens (including phenoxy) is 1. The maximum Gasteiger partial charge on any atom is 0.316 e. The van der Waals surface area contributed by atoms with E-state index < -0.39 is 0 Å². The average Bonchev–Trinajstić information content (AvgIpc) is 3.17. The van der Waals surface area contributed by atoms with Gasteiger partial charge < -0.3 is 4.74 Å². The van der Waals surface area contributed by atoms with Crippen LogP contribution >= 0.6 is 23.1 Å². The molecule has 2 aromatic rings. The zero-order valence-electron chi connectivity index (χ0n) is 16.8. The lowest BCUT2D eigenvalue weighted by Crippen LogP contribution is -2.36. The third kappa shape index (κ3) is 4.46. The molecule has 0 spiro atoms. The van der Waals surface area contributed by atoms with Crippen molar-refractivity contribution in [2.75, 3.05) is 5.75 Å². The third-order valence-electron chi connectivity index (χ3n) is 5.88. The molecule has 2 heterocycles. The first-order chi connectivity index (χ1) is 13.5. The van der Waals surface area contributed by atoms with E-state index in [1.165, 1.54) is 18.2 Å². The second kappa shape index (κ2) is 8.57. The summed E-state index contributed by atoms with van der Waals surface area (Å²) in [6.07, 6.45) is 5.75. The Balaban J connectivity index is 1.40. The molecule has 0 saturated heterocycles. The summed E-state index contributed by atoms with van der Waals surface area (Å²) in [5.74, 6) is 2.75. The van der Waals surface area contributed by atoms with Crippen LogP contribution in [0.5, 0.6) is 0 Å². The summed E-state index contributed by atoms with van der Waals surface area (Å²) in [4.78, 5) is 13.7. The Kier molecular flexibility index (Phi) is 6.11. The number of hydrogen-bond acceptors (Lipinski definition) is 6. The highest BCUT2D eigenvalue weighted by Crippen LogP contribution is 2.42. The fourth-order valence-electron chi connectivity index (χ4n) is 4.19. The van der Waals surface area contributed by atoms with Gasteiger partial charge in [-0.1, -0.05) is 45.0 Å². The van der Waals surface area contributed by atoms with Crippen LogP contribution in [0.3, 0.4) is 0 Å². The van der Waals surface area contributed by atoms with Gasteiger partial charge in [-0.05, 0) is 54.9 Å². The van der Waals surface area contributed by atoms with Gasteiger partial charge in [-0.15, -0.1) is 21.5 Å². The number of carbonyl (C=O) groups excluding carboxylic acids is 1. The van der Waals surface area contributed by atoms with Gasteiger partial charge >= 0.3 is 5.97 Å². The maximum atomic E-state index is 12.6. The van der Waals surface area contributed by atoms with Crippen LogP contribution in [-0.4, -0.2) is 32.6 Å². The first-order valence-corrected chi connectivity index (χ1v) is 12.2. The van der Waals surface area contributed by atoms with Gasteiger partial charge in [-0.3, -0.25) is 9.36 Å². The van der Waals surface area contributed by atoms with Crippen molar-refractivity contribution in [3.8, 4) is 10.7 Å². The normalized spacial score (nSPS) is 25.2. The zero-order valence-corrected chi connectivity index (χ0v) is 18.5. The minimum atomic E-state index is -0.127. The van der Waals surface area contributed by atoms with Crippen molar-refractivity contribution < 1.29 is 9.53 Å². The SMILES string of the molecule is CC(C)[C@H]1CC[C@H](C)C[C@H]1OC(=O)CSc1nnc(-c2cccs2)n1C1CC1. The summed E-state index contributed by atoms with van der Waals surface area (Å²) in [5.41, 5.74) is 0. The molecule has 0 N–H and O–H groups in total. The lowest BCUT2D eigenvalue weighted by Gasteiger charge is -2.36. The van der Waals surface area contributed by atoms with Gasteiger partial charge in [0, 0.05) is 6.04 Å². The fraction of sp³-hybridized carbons (Fsp3) is 0.667. The molecule has 0 unspecified atom stereocenters. The van der Waals surface area contributed by atoms with E-state index in [4.69, 9.17) is 4.74 Å².